The lowest BCUT2D eigenvalue weighted by Gasteiger charge is -2.00. The van der Waals surface area contributed by atoms with Crippen molar-refractivity contribution in [3.05, 3.63) is 40.9 Å². The van der Waals surface area contributed by atoms with Crippen LogP contribution in [0.3, 0.4) is 0 Å². The largest absolute Gasteiger partial charge is 0.350 e. The lowest BCUT2D eigenvalue weighted by molar-refractivity contribution is 0.704. The maximum absolute atomic E-state index is 4.77. The minimum absolute atomic E-state index is 0.750. The predicted octanol–water partition coefficient (Wildman–Crippen LogP) is 3.06. The Morgan fingerprint density at radius 2 is 2.00 bits per heavy atom. The average Bonchev–Trinajstić information content (AvgIpc) is 2.92. The summed E-state index contributed by atoms with van der Waals surface area (Å²) in [6.07, 6.45) is 2.14. The van der Waals surface area contributed by atoms with Crippen LogP contribution in [-0.4, -0.2) is 21.2 Å². The molecule has 4 nitrogen and oxygen atoms in total. The molecule has 0 fully saturated rings. The first-order valence-electron chi connectivity index (χ1n) is 6.53. The van der Waals surface area contributed by atoms with Crippen molar-refractivity contribution in [1.29, 1.82) is 0 Å². The fourth-order valence-electron chi connectivity index (χ4n) is 2.54. The van der Waals surface area contributed by atoms with Gasteiger partial charge in [-0.3, -0.25) is 0 Å². The molecule has 104 valence electrons. The summed E-state index contributed by atoms with van der Waals surface area (Å²) in [5, 5.41) is 4.38. The Morgan fingerprint density at radius 1 is 1.25 bits per heavy atom. The topological polar surface area (TPSA) is 34.8 Å². The zero-order chi connectivity index (χ0) is 14.3. The second-order valence-corrected chi connectivity index (χ2v) is 5.68. The van der Waals surface area contributed by atoms with Crippen LogP contribution in [0.2, 0.25) is 0 Å². The SMILES string of the molecule is CNCc1nc(-c2cn(C)c3ccccc23)c(Br)n1C. The molecule has 0 aliphatic heterocycles. The second kappa shape index (κ2) is 5.07. The third-order valence-corrected chi connectivity index (χ3v) is 4.51. The molecule has 3 rings (SSSR count). The first-order chi connectivity index (χ1) is 9.63. The van der Waals surface area contributed by atoms with Gasteiger partial charge in [-0.05, 0) is 29.0 Å². The third kappa shape index (κ3) is 1.98. The molecule has 0 saturated carbocycles. The number of aromatic nitrogens is 3. The Labute approximate surface area is 126 Å². The highest BCUT2D eigenvalue weighted by molar-refractivity contribution is 9.10. The van der Waals surface area contributed by atoms with Crippen molar-refractivity contribution in [3.63, 3.8) is 0 Å². The van der Waals surface area contributed by atoms with Crippen LogP contribution >= 0.6 is 15.9 Å². The fraction of sp³-hybridized carbons (Fsp3) is 0.267. The van der Waals surface area contributed by atoms with Crippen LogP contribution in [0.1, 0.15) is 5.82 Å². The van der Waals surface area contributed by atoms with Crippen LogP contribution in [-0.2, 0) is 20.6 Å². The molecule has 1 aromatic carbocycles. The van der Waals surface area contributed by atoms with E-state index in [-0.39, 0.29) is 0 Å². The summed E-state index contributed by atoms with van der Waals surface area (Å²) < 4.78 is 5.23. The Morgan fingerprint density at radius 3 is 2.75 bits per heavy atom. The highest BCUT2D eigenvalue weighted by Gasteiger charge is 2.17. The van der Waals surface area contributed by atoms with Gasteiger partial charge in [-0.2, -0.15) is 0 Å². The van der Waals surface area contributed by atoms with Gasteiger partial charge in [0.25, 0.3) is 0 Å². The zero-order valence-corrected chi connectivity index (χ0v) is 13.4. The van der Waals surface area contributed by atoms with Crippen molar-refractivity contribution in [2.75, 3.05) is 7.05 Å². The molecule has 0 atom stereocenters. The second-order valence-electron chi connectivity index (χ2n) is 4.93. The summed E-state index contributed by atoms with van der Waals surface area (Å²) in [7, 11) is 6.02. The van der Waals surface area contributed by atoms with Crippen LogP contribution < -0.4 is 5.32 Å². The number of rotatable bonds is 3. The molecule has 0 saturated heterocycles. The lowest BCUT2D eigenvalue weighted by atomic mass is 10.1. The van der Waals surface area contributed by atoms with Crippen molar-refractivity contribution in [2.24, 2.45) is 14.1 Å². The molecule has 2 aromatic heterocycles. The van der Waals surface area contributed by atoms with Crippen molar-refractivity contribution in [1.82, 2.24) is 19.4 Å². The van der Waals surface area contributed by atoms with E-state index in [2.05, 4.69) is 67.9 Å². The van der Waals surface area contributed by atoms with E-state index in [0.29, 0.717) is 0 Å². The molecule has 20 heavy (non-hydrogen) atoms. The minimum atomic E-state index is 0.750. The van der Waals surface area contributed by atoms with Gasteiger partial charge in [0.2, 0.25) is 0 Å². The van der Waals surface area contributed by atoms with Crippen molar-refractivity contribution in [3.8, 4) is 11.3 Å². The standard InChI is InChI=1S/C15H17BrN4/c1-17-8-13-18-14(15(16)20(13)3)11-9-19(2)12-7-5-4-6-10(11)12/h4-7,9,17H,8H2,1-3H3. The number of halogens is 1. The number of benzene rings is 1. The van der Waals surface area contributed by atoms with Crippen LogP contribution in [0, 0.1) is 0 Å². The van der Waals surface area contributed by atoms with Crippen molar-refractivity contribution < 1.29 is 0 Å². The molecule has 0 aliphatic carbocycles. The van der Waals surface area contributed by atoms with Crippen LogP contribution in [0.4, 0.5) is 0 Å². The molecule has 0 radical (unpaired) electrons. The van der Waals surface area contributed by atoms with Crippen molar-refractivity contribution in [2.45, 2.75) is 6.54 Å². The molecular formula is C15H17BrN4. The van der Waals surface area contributed by atoms with Crippen LogP contribution in [0.5, 0.6) is 0 Å². The van der Waals surface area contributed by atoms with E-state index in [1.54, 1.807) is 0 Å². The van der Waals surface area contributed by atoms with Gasteiger partial charge in [-0.15, -0.1) is 0 Å². The van der Waals surface area contributed by atoms with Gasteiger partial charge in [0.1, 0.15) is 16.1 Å². The number of imidazole rings is 1. The summed E-state index contributed by atoms with van der Waals surface area (Å²) in [6.45, 7) is 0.750. The minimum Gasteiger partial charge on any atom is -0.350 e. The molecule has 0 aliphatic rings. The molecule has 3 aromatic rings. The number of hydrogen-bond donors (Lipinski definition) is 1. The molecule has 2 heterocycles. The Balaban J connectivity index is 2.23. The highest BCUT2D eigenvalue weighted by atomic mass is 79.9. The monoisotopic (exact) mass is 332 g/mol. The molecule has 1 N–H and O–H groups in total. The van der Waals surface area contributed by atoms with E-state index in [0.717, 1.165) is 28.2 Å². The number of para-hydroxylation sites is 1. The summed E-state index contributed by atoms with van der Waals surface area (Å²) in [4.78, 5) is 4.77. The van der Waals surface area contributed by atoms with E-state index < -0.39 is 0 Å². The van der Waals surface area contributed by atoms with Crippen LogP contribution in [0.15, 0.2) is 35.1 Å². The molecular weight excluding hydrogens is 316 g/mol. The predicted molar refractivity (Wildman–Crippen MR) is 85.6 cm³/mol. The number of fused-ring (bicyclic) bond motifs is 1. The van der Waals surface area contributed by atoms with Gasteiger partial charge in [-0.25, -0.2) is 4.98 Å². The van der Waals surface area contributed by atoms with Gasteiger partial charge >= 0.3 is 0 Å². The first-order valence-corrected chi connectivity index (χ1v) is 7.33. The van der Waals surface area contributed by atoms with Crippen LogP contribution in [0.25, 0.3) is 22.2 Å². The van der Waals surface area contributed by atoms with E-state index in [4.69, 9.17) is 4.98 Å². The van der Waals surface area contributed by atoms with Gasteiger partial charge in [0.15, 0.2) is 0 Å². The third-order valence-electron chi connectivity index (χ3n) is 3.60. The van der Waals surface area contributed by atoms with E-state index in [9.17, 15) is 0 Å². The average molecular weight is 333 g/mol. The number of hydrogen-bond acceptors (Lipinski definition) is 2. The fourth-order valence-corrected chi connectivity index (χ4v) is 3.05. The van der Waals surface area contributed by atoms with Gasteiger partial charge < -0.3 is 14.5 Å². The number of nitrogens with zero attached hydrogens (tertiary/aromatic N) is 3. The number of aryl methyl sites for hydroxylation is 1. The first kappa shape index (κ1) is 13.4. The van der Waals surface area contributed by atoms with Gasteiger partial charge in [0, 0.05) is 36.8 Å². The lowest BCUT2D eigenvalue weighted by Crippen LogP contribution is -2.10. The maximum Gasteiger partial charge on any atom is 0.124 e. The molecule has 0 spiro atoms. The van der Waals surface area contributed by atoms with Crippen molar-refractivity contribution >= 4 is 26.8 Å². The Bertz CT molecular complexity index is 770. The van der Waals surface area contributed by atoms with E-state index in [1.807, 2.05) is 14.1 Å². The molecule has 0 amide bonds. The number of nitrogens with one attached hydrogen (secondary N) is 1. The molecule has 0 unspecified atom stereocenters. The molecule has 0 bridgehead atoms. The van der Waals surface area contributed by atoms with E-state index >= 15 is 0 Å². The quantitative estimate of drug-likeness (QED) is 0.799. The summed E-state index contributed by atoms with van der Waals surface area (Å²) in [5.41, 5.74) is 3.37. The van der Waals surface area contributed by atoms with E-state index in [1.165, 1.54) is 10.9 Å². The molecule has 5 heteroatoms. The Hall–Kier alpha value is -1.59. The zero-order valence-electron chi connectivity index (χ0n) is 11.8. The normalized spacial score (nSPS) is 11.4. The van der Waals surface area contributed by atoms with Gasteiger partial charge in [0.05, 0.1) is 6.54 Å². The van der Waals surface area contributed by atoms with Gasteiger partial charge in [-0.1, -0.05) is 18.2 Å². The highest BCUT2D eigenvalue weighted by Crippen LogP contribution is 2.34. The summed E-state index contributed by atoms with van der Waals surface area (Å²) >= 11 is 3.67. The smallest absolute Gasteiger partial charge is 0.124 e. The summed E-state index contributed by atoms with van der Waals surface area (Å²) in [5.74, 6) is 1.02. The Kier molecular flexibility index (Phi) is 3.40. The maximum atomic E-state index is 4.77. The summed E-state index contributed by atoms with van der Waals surface area (Å²) in [6, 6.07) is 8.40.